The topological polar surface area (TPSA) is 76.7 Å². The Labute approximate surface area is 174 Å². The summed E-state index contributed by atoms with van der Waals surface area (Å²) in [5, 5.41) is 6.44. The molecule has 2 heterocycles. The van der Waals surface area contributed by atoms with E-state index in [1.165, 1.54) is 32.1 Å². The third kappa shape index (κ3) is 5.94. The number of carbonyl (C=O) groups excluding carboxylic acids is 2. The Kier molecular flexibility index (Phi) is 7.46. The maximum Gasteiger partial charge on any atom is 0.249 e. The molecule has 2 atom stereocenters. The Bertz CT molecular complexity index is 493. The van der Waals surface area contributed by atoms with Gasteiger partial charge in [0.15, 0.2) is 0 Å². The first-order valence-corrected chi connectivity index (χ1v) is 12.0. The predicted octanol–water partition coefficient (Wildman–Crippen LogP) is 3.08. The van der Waals surface area contributed by atoms with E-state index < -0.39 is 0 Å². The van der Waals surface area contributed by atoms with Crippen molar-refractivity contribution in [3.8, 4) is 0 Å². The maximum absolute atomic E-state index is 12.2. The molecule has 0 unspecified atom stereocenters. The third-order valence-corrected chi connectivity index (χ3v) is 7.50. The van der Waals surface area contributed by atoms with Crippen LogP contribution < -0.4 is 10.6 Å². The van der Waals surface area contributed by atoms with E-state index in [1.54, 1.807) is 0 Å². The van der Waals surface area contributed by atoms with Gasteiger partial charge in [-0.15, -0.1) is 0 Å². The van der Waals surface area contributed by atoms with Gasteiger partial charge < -0.3 is 20.1 Å². The van der Waals surface area contributed by atoms with E-state index in [0.29, 0.717) is 12.1 Å². The first-order chi connectivity index (χ1) is 14.2. The number of carbonyl (C=O) groups is 2. The van der Waals surface area contributed by atoms with Crippen LogP contribution in [0.1, 0.15) is 83.5 Å². The quantitative estimate of drug-likeness (QED) is 0.711. The number of hydrogen-bond donors (Lipinski definition) is 2. The van der Waals surface area contributed by atoms with Crippen LogP contribution in [0.25, 0.3) is 0 Å². The molecule has 2 aliphatic heterocycles. The van der Waals surface area contributed by atoms with Crippen molar-refractivity contribution < 1.29 is 19.1 Å². The summed E-state index contributed by atoms with van der Waals surface area (Å²) < 4.78 is 11.0. The van der Waals surface area contributed by atoms with Gasteiger partial charge in [0, 0.05) is 25.3 Å². The maximum atomic E-state index is 12.2. The van der Waals surface area contributed by atoms with Crippen LogP contribution >= 0.6 is 0 Å². The Morgan fingerprint density at radius 3 is 1.38 bits per heavy atom. The summed E-state index contributed by atoms with van der Waals surface area (Å²) in [7, 11) is 0. The molecule has 2 saturated heterocycles. The lowest BCUT2D eigenvalue weighted by Gasteiger charge is -2.35. The molecule has 4 aliphatic rings. The second kappa shape index (κ2) is 10.3. The molecule has 2 amide bonds. The largest absolute Gasteiger partial charge is 0.368 e. The van der Waals surface area contributed by atoms with E-state index in [0.717, 1.165) is 76.4 Å². The van der Waals surface area contributed by atoms with Gasteiger partial charge in [0.1, 0.15) is 12.2 Å². The summed E-state index contributed by atoms with van der Waals surface area (Å²) in [5.74, 6) is 1.81. The van der Waals surface area contributed by atoms with Gasteiger partial charge in [0.2, 0.25) is 11.8 Å². The molecule has 6 nitrogen and oxygen atoms in total. The summed E-state index contributed by atoms with van der Waals surface area (Å²) >= 11 is 0. The van der Waals surface area contributed by atoms with Crippen LogP contribution in [0.15, 0.2) is 0 Å². The molecule has 164 valence electrons. The van der Waals surface area contributed by atoms with Crippen molar-refractivity contribution in [1.82, 2.24) is 10.6 Å². The fourth-order valence-electron chi connectivity index (χ4n) is 5.71. The van der Waals surface area contributed by atoms with E-state index in [-0.39, 0.29) is 24.0 Å². The molecule has 0 radical (unpaired) electrons. The molecule has 0 aromatic carbocycles. The summed E-state index contributed by atoms with van der Waals surface area (Å²) in [4.78, 5) is 24.5. The molecule has 4 fully saturated rings. The number of nitrogens with one attached hydrogen (secondary N) is 2. The van der Waals surface area contributed by atoms with E-state index >= 15 is 0 Å². The lowest BCUT2D eigenvalue weighted by atomic mass is 9.75. The fraction of sp³-hybridized carbons (Fsp3) is 0.913. The van der Waals surface area contributed by atoms with E-state index in [9.17, 15) is 9.59 Å². The van der Waals surface area contributed by atoms with E-state index in [2.05, 4.69) is 10.6 Å². The molecule has 0 bridgehead atoms. The van der Waals surface area contributed by atoms with Gasteiger partial charge in [0.05, 0.1) is 0 Å². The minimum absolute atomic E-state index is 0.106. The summed E-state index contributed by atoms with van der Waals surface area (Å²) in [5.41, 5.74) is 0. The van der Waals surface area contributed by atoms with Crippen molar-refractivity contribution in [3.05, 3.63) is 0 Å². The van der Waals surface area contributed by atoms with Crippen LogP contribution in [0.4, 0.5) is 0 Å². The number of hydrogen-bond acceptors (Lipinski definition) is 4. The van der Waals surface area contributed by atoms with Crippen LogP contribution in [0.5, 0.6) is 0 Å². The highest BCUT2D eigenvalue weighted by molar-refractivity contribution is 5.81. The van der Waals surface area contributed by atoms with Crippen LogP contribution in [0.3, 0.4) is 0 Å². The highest BCUT2D eigenvalue weighted by Crippen LogP contribution is 2.35. The van der Waals surface area contributed by atoms with Crippen molar-refractivity contribution >= 4 is 11.8 Å². The Balaban J connectivity index is 1.10. The van der Waals surface area contributed by atoms with Gasteiger partial charge >= 0.3 is 0 Å². The molecule has 2 aliphatic carbocycles. The minimum atomic E-state index is -0.205. The molecule has 0 aromatic heterocycles. The molecule has 6 heteroatoms. The van der Waals surface area contributed by atoms with Gasteiger partial charge in [-0.25, -0.2) is 0 Å². The monoisotopic (exact) mass is 406 g/mol. The molecule has 2 saturated carbocycles. The number of amides is 2. The standard InChI is InChI=1S/C23H38N2O4/c26-22(20-3-1-13-28-20)24-18-9-5-16(6-10-18)15-17-7-11-19(12-8-17)25-23(27)21-4-2-14-29-21/h16-21H,1-15H2,(H,24,26)(H,25,27)/t16?,17?,18?,19?,20-,21-/m0/s1. The summed E-state index contributed by atoms with van der Waals surface area (Å²) in [6.07, 6.45) is 14.0. The molecule has 29 heavy (non-hydrogen) atoms. The molecule has 2 N–H and O–H groups in total. The minimum Gasteiger partial charge on any atom is -0.368 e. The number of ether oxygens (including phenoxy) is 2. The average Bonchev–Trinajstić information content (AvgIpc) is 3.45. The van der Waals surface area contributed by atoms with Crippen LogP contribution in [-0.4, -0.2) is 49.3 Å². The highest BCUT2D eigenvalue weighted by atomic mass is 16.5. The normalized spacial score (nSPS) is 37.9. The van der Waals surface area contributed by atoms with Gasteiger partial charge in [-0.3, -0.25) is 9.59 Å². The van der Waals surface area contributed by atoms with Crippen LogP contribution in [0.2, 0.25) is 0 Å². The molecular formula is C23H38N2O4. The van der Waals surface area contributed by atoms with E-state index in [4.69, 9.17) is 9.47 Å². The molecule has 4 rings (SSSR count). The zero-order valence-corrected chi connectivity index (χ0v) is 17.7. The van der Waals surface area contributed by atoms with Crippen molar-refractivity contribution in [3.63, 3.8) is 0 Å². The summed E-state index contributed by atoms with van der Waals surface area (Å²) in [6, 6.07) is 0.679. The van der Waals surface area contributed by atoms with E-state index in [1.807, 2.05) is 0 Å². The van der Waals surface area contributed by atoms with Gasteiger partial charge in [-0.05, 0) is 95.3 Å². The lowest BCUT2D eigenvalue weighted by molar-refractivity contribution is -0.131. The van der Waals surface area contributed by atoms with Crippen molar-refractivity contribution in [1.29, 1.82) is 0 Å². The molecule has 0 aromatic rings. The highest BCUT2D eigenvalue weighted by Gasteiger charge is 2.31. The van der Waals surface area contributed by atoms with Crippen LogP contribution in [-0.2, 0) is 19.1 Å². The zero-order valence-electron chi connectivity index (χ0n) is 17.7. The second-order valence-electron chi connectivity index (χ2n) is 9.69. The van der Waals surface area contributed by atoms with Gasteiger partial charge in [0.25, 0.3) is 0 Å². The lowest BCUT2D eigenvalue weighted by Crippen LogP contribution is -2.43. The zero-order chi connectivity index (χ0) is 20.1. The third-order valence-electron chi connectivity index (χ3n) is 7.50. The predicted molar refractivity (Wildman–Crippen MR) is 110 cm³/mol. The summed E-state index contributed by atoms with van der Waals surface area (Å²) in [6.45, 7) is 1.45. The van der Waals surface area contributed by atoms with Gasteiger partial charge in [-0.2, -0.15) is 0 Å². The smallest absolute Gasteiger partial charge is 0.249 e. The van der Waals surface area contributed by atoms with Gasteiger partial charge in [-0.1, -0.05) is 0 Å². The Morgan fingerprint density at radius 1 is 0.621 bits per heavy atom. The Morgan fingerprint density at radius 2 is 1.03 bits per heavy atom. The first-order valence-electron chi connectivity index (χ1n) is 12.0. The SMILES string of the molecule is O=C(NC1CCC(CC2CCC(NC(=O)[C@@H]3CCCO3)CC2)CC1)[C@@H]1CCCO1. The Hall–Kier alpha value is -1.14. The van der Waals surface area contributed by atoms with Crippen molar-refractivity contribution in [2.75, 3.05) is 13.2 Å². The molecule has 0 spiro atoms. The second-order valence-corrected chi connectivity index (χ2v) is 9.69. The van der Waals surface area contributed by atoms with Crippen molar-refractivity contribution in [2.45, 2.75) is 108 Å². The van der Waals surface area contributed by atoms with Crippen LogP contribution in [0, 0.1) is 11.8 Å². The number of rotatable bonds is 6. The molecular weight excluding hydrogens is 368 g/mol. The van der Waals surface area contributed by atoms with Crippen molar-refractivity contribution in [2.24, 2.45) is 11.8 Å². The fourth-order valence-corrected chi connectivity index (χ4v) is 5.71. The average molecular weight is 407 g/mol. The first kappa shape index (κ1) is 21.1.